The Hall–Kier alpha value is -2.92. The van der Waals surface area contributed by atoms with Gasteiger partial charge in [0, 0.05) is 38.8 Å². The van der Waals surface area contributed by atoms with E-state index in [1.807, 2.05) is 0 Å². The highest BCUT2D eigenvalue weighted by Crippen LogP contribution is 2.38. The Morgan fingerprint density at radius 1 is 1.17 bits per heavy atom. The van der Waals surface area contributed by atoms with Gasteiger partial charge in [-0.1, -0.05) is 11.8 Å². The van der Waals surface area contributed by atoms with Crippen molar-refractivity contribution in [2.45, 2.75) is 22.5 Å². The maximum absolute atomic E-state index is 12.6. The molecule has 29 heavy (non-hydrogen) atoms. The minimum absolute atomic E-state index is 0.0815. The Balaban J connectivity index is 1.49. The first kappa shape index (κ1) is 19.4. The van der Waals surface area contributed by atoms with Gasteiger partial charge in [0.05, 0.1) is 17.8 Å². The Morgan fingerprint density at radius 2 is 2.00 bits per heavy atom. The van der Waals surface area contributed by atoms with E-state index in [1.54, 1.807) is 24.4 Å². The van der Waals surface area contributed by atoms with E-state index in [4.69, 9.17) is 0 Å². The van der Waals surface area contributed by atoms with Crippen LogP contribution in [0.1, 0.15) is 30.6 Å². The van der Waals surface area contributed by atoms with E-state index < -0.39 is 17.1 Å². The van der Waals surface area contributed by atoms with Gasteiger partial charge in [-0.2, -0.15) is 13.2 Å². The molecule has 0 aliphatic carbocycles. The lowest BCUT2D eigenvalue weighted by molar-refractivity contribution is -0.137. The van der Waals surface area contributed by atoms with Crippen LogP contribution < -0.4 is 10.6 Å². The molecule has 4 rings (SSSR count). The van der Waals surface area contributed by atoms with Gasteiger partial charge in [0.2, 0.25) is 0 Å². The number of hydrogen-bond donors (Lipinski definition) is 2. The zero-order chi connectivity index (χ0) is 20.6. The summed E-state index contributed by atoms with van der Waals surface area (Å²) in [7, 11) is 0. The second-order valence-electron chi connectivity index (χ2n) is 5.95. The van der Waals surface area contributed by atoms with Crippen molar-refractivity contribution < 1.29 is 22.8 Å². The summed E-state index contributed by atoms with van der Waals surface area (Å²) in [5, 5.41) is 4.37. The summed E-state index contributed by atoms with van der Waals surface area (Å²) >= 11 is 1.83. The Morgan fingerprint density at radius 3 is 2.76 bits per heavy atom. The molecule has 2 aromatic heterocycles. The van der Waals surface area contributed by atoms with E-state index in [2.05, 4.69) is 20.6 Å². The number of nitrogens with one attached hydrogen (secondary N) is 2. The van der Waals surface area contributed by atoms with Gasteiger partial charge in [-0.05, 0) is 24.3 Å². The smallest absolute Gasteiger partial charge is 0.347 e. The fraction of sp³-hybridized carbons (Fsp3) is 0.111. The Bertz CT molecular complexity index is 1110. The van der Waals surface area contributed by atoms with Gasteiger partial charge >= 0.3 is 6.18 Å². The predicted octanol–water partition coefficient (Wildman–Crippen LogP) is 4.20. The normalized spacial score (nSPS) is 13.1. The molecule has 1 aliphatic rings. The number of pyridine rings is 1. The number of nitrogens with zero attached hydrogens (tertiary/aromatic N) is 2. The number of aromatic nitrogens is 2. The summed E-state index contributed by atoms with van der Waals surface area (Å²) in [6, 6.07) is 6.43. The van der Waals surface area contributed by atoms with Crippen LogP contribution >= 0.6 is 23.1 Å². The number of thiazole rings is 1. The third-order valence-electron chi connectivity index (χ3n) is 3.96. The van der Waals surface area contributed by atoms with E-state index >= 15 is 0 Å². The molecule has 0 atom stereocenters. The average molecular weight is 436 g/mol. The van der Waals surface area contributed by atoms with Gasteiger partial charge in [0.15, 0.2) is 5.01 Å². The largest absolute Gasteiger partial charge is 0.443 e. The third kappa shape index (κ3) is 4.10. The van der Waals surface area contributed by atoms with Crippen LogP contribution in [0.2, 0.25) is 0 Å². The number of carbonyl (C=O) groups excluding carboxylic acids is 2. The molecule has 0 saturated carbocycles. The van der Waals surface area contributed by atoms with Crippen LogP contribution in [0.3, 0.4) is 0 Å². The molecule has 2 amide bonds. The fourth-order valence-electron chi connectivity index (χ4n) is 2.60. The summed E-state index contributed by atoms with van der Waals surface area (Å²) in [6.45, 7) is -0.0815. The number of carbonyl (C=O) groups is 2. The van der Waals surface area contributed by atoms with Gasteiger partial charge in [0.25, 0.3) is 11.8 Å². The number of rotatable bonds is 3. The van der Waals surface area contributed by atoms with Crippen molar-refractivity contribution in [1.29, 1.82) is 0 Å². The van der Waals surface area contributed by atoms with E-state index in [0.29, 0.717) is 27.5 Å². The van der Waals surface area contributed by atoms with Gasteiger partial charge in [-0.3, -0.25) is 14.6 Å². The quantitative estimate of drug-likeness (QED) is 0.643. The zero-order valence-corrected chi connectivity index (χ0v) is 16.0. The number of fused-ring (bicyclic) bond motifs is 2. The minimum Gasteiger partial charge on any atom is -0.347 e. The monoisotopic (exact) mass is 436 g/mol. The lowest BCUT2D eigenvalue weighted by Gasteiger charge is -2.09. The van der Waals surface area contributed by atoms with E-state index in [9.17, 15) is 22.8 Å². The summed E-state index contributed by atoms with van der Waals surface area (Å²) in [4.78, 5) is 33.9. The highest BCUT2D eigenvalue weighted by molar-refractivity contribution is 7.99. The van der Waals surface area contributed by atoms with E-state index in [1.165, 1.54) is 24.0 Å². The average Bonchev–Trinajstić information content (AvgIpc) is 3.12. The molecule has 1 aliphatic heterocycles. The number of halogens is 3. The maximum Gasteiger partial charge on any atom is 0.443 e. The topological polar surface area (TPSA) is 84.0 Å². The molecular weight excluding hydrogens is 425 g/mol. The second kappa shape index (κ2) is 7.48. The Kier molecular flexibility index (Phi) is 5.01. The first-order valence-electron chi connectivity index (χ1n) is 8.18. The van der Waals surface area contributed by atoms with Crippen molar-refractivity contribution in [3.05, 3.63) is 63.9 Å². The summed E-state index contributed by atoms with van der Waals surface area (Å²) in [6.07, 6.45) is -0.295. The van der Waals surface area contributed by atoms with Crippen molar-refractivity contribution in [3.63, 3.8) is 0 Å². The molecule has 1 aromatic carbocycles. The molecule has 0 bridgehead atoms. The lowest BCUT2D eigenvalue weighted by Crippen LogP contribution is -2.22. The van der Waals surface area contributed by atoms with Crippen molar-refractivity contribution in [1.82, 2.24) is 15.3 Å². The molecule has 3 heterocycles. The van der Waals surface area contributed by atoms with Gasteiger partial charge in [0.1, 0.15) is 0 Å². The number of anilines is 1. The van der Waals surface area contributed by atoms with Crippen LogP contribution in [-0.2, 0) is 12.7 Å². The molecule has 0 fully saturated rings. The van der Waals surface area contributed by atoms with E-state index in [-0.39, 0.29) is 22.9 Å². The SMILES string of the molecule is O=C(NCc1cnc(C(F)(F)F)s1)c1ccc2c(c1)NC(=O)c1ccncc1S2. The number of benzene rings is 1. The molecule has 3 aromatic rings. The zero-order valence-electron chi connectivity index (χ0n) is 14.4. The van der Waals surface area contributed by atoms with Crippen LogP contribution in [0.25, 0.3) is 0 Å². The number of alkyl halides is 3. The van der Waals surface area contributed by atoms with Crippen LogP contribution in [0.15, 0.2) is 52.6 Å². The molecule has 0 radical (unpaired) electrons. The molecule has 11 heteroatoms. The first-order chi connectivity index (χ1) is 13.8. The predicted molar refractivity (Wildman–Crippen MR) is 101 cm³/mol. The molecule has 0 saturated heterocycles. The van der Waals surface area contributed by atoms with Crippen molar-refractivity contribution in [2.75, 3.05) is 5.32 Å². The molecule has 0 unspecified atom stereocenters. The van der Waals surface area contributed by atoms with E-state index in [0.717, 1.165) is 11.1 Å². The van der Waals surface area contributed by atoms with Crippen LogP contribution in [0.4, 0.5) is 18.9 Å². The lowest BCUT2D eigenvalue weighted by atomic mass is 10.1. The van der Waals surface area contributed by atoms with Gasteiger partial charge in [-0.15, -0.1) is 11.3 Å². The van der Waals surface area contributed by atoms with Gasteiger partial charge in [-0.25, -0.2) is 4.98 Å². The second-order valence-corrected chi connectivity index (χ2v) is 8.15. The van der Waals surface area contributed by atoms with Crippen molar-refractivity contribution in [3.8, 4) is 0 Å². The number of amides is 2. The fourth-order valence-corrected chi connectivity index (χ4v) is 4.30. The molecule has 6 nitrogen and oxygen atoms in total. The van der Waals surface area contributed by atoms with Crippen LogP contribution in [0, 0.1) is 0 Å². The third-order valence-corrected chi connectivity index (χ3v) is 6.12. The summed E-state index contributed by atoms with van der Waals surface area (Å²) < 4.78 is 37.8. The number of hydrogen-bond acceptors (Lipinski definition) is 6. The molecule has 148 valence electrons. The Labute approximate surface area is 170 Å². The standard InChI is InChI=1S/C18H11F3N4O2S2/c19-18(20,21)17-24-7-10(28-17)6-23-15(26)9-1-2-13-12(5-9)25-16(27)11-3-4-22-8-14(11)29-13/h1-5,7-8H,6H2,(H,23,26)(H,25,27). The minimum atomic E-state index is -4.51. The molecule has 0 spiro atoms. The van der Waals surface area contributed by atoms with Crippen LogP contribution in [0.5, 0.6) is 0 Å². The van der Waals surface area contributed by atoms with Gasteiger partial charge < -0.3 is 10.6 Å². The summed E-state index contributed by atoms with van der Waals surface area (Å²) in [5.74, 6) is -0.784. The van der Waals surface area contributed by atoms with Crippen molar-refractivity contribution in [2.24, 2.45) is 0 Å². The van der Waals surface area contributed by atoms with Crippen LogP contribution in [-0.4, -0.2) is 21.8 Å². The highest BCUT2D eigenvalue weighted by Gasteiger charge is 2.34. The first-order valence-corrected chi connectivity index (χ1v) is 9.82. The summed E-state index contributed by atoms with van der Waals surface area (Å²) in [5.41, 5.74) is 1.23. The highest BCUT2D eigenvalue weighted by atomic mass is 32.2. The maximum atomic E-state index is 12.6. The molecule has 2 N–H and O–H groups in total. The molecular formula is C18H11F3N4O2S2. The van der Waals surface area contributed by atoms with Crippen molar-refractivity contribution >= 4 is 40.6 Å².